The molecule has 0 saturated carbocycles. The summed E-state index contributed by atoms with van der Waals surface area (Å²) in [5, 5.41) is 3.20. The number of nitrogens with one attached hydrogen (secondary N) is 1. The summed E-state index contributed by atoms with van der Waals surface area (Å²) in [6.45, 7) is 7.28. The molecule has 0 aliphatic carbocycles. The average molecular weight is 268 g/mol. The number of ether oxygens (including phenoxy) is 2. The molecule has 19 heavy (non-hydrogen) atoms. The van der Waals surface area contributed by atoms with Crippen LogP contribution in [0.1, 0.15) is 26.6 Å². The lowest BCUT2D eigenvalue weighted by atomic mass is 9.96. The number of rotatable bonds is 6. The summed E-state index contributed by atoms with van der Waals surface area (Å²) in [7, 11) is 3.30. The summed E-state index contributed by atoms with van der Waals surface area (Å²) in [4.78, 5) is 8.73. The third kappa shape index (κ3) is 5.00. The molecule has 0 amide bonds. The summed E-state index contributed by atoms with van der Waals surface area (Å²) in [6, 6.07) is 1.72. The monoisotopic (exact) mass is 268 g/mol. The Morgan fingerprint density at radius 2 is 2.00 bits per heavy atom. The second kappa shape index (κ2) is 6.68. The lowest BCUT2D eigenvalue weighted by Crippen LogP contribution is -2.27. The van der Waals surface area contributed by atoms with E-state index in [2.05, 4.69) is 36.1 Å². The van der Waals surface area contributed by atoms with E-state index in [1.165, 1.54) is 0 Å². The summed E-state index contributed by atoms with van der Waals surface area (Å²) in [6.07, 6.45) is -0.0284. The van der Waals surface area contributed by atoms with Crippen LogP contribution < -0.4 is 11.1 Å². The number of methoxy groups -OCH3 is 2. The molecule has 1 atom stereocenters. The molecule has 1 aromatic heterocycles. The van der Waals surface area contributed by atoms with E-state index in [9.17, 15) is 0 Å². The van der Waals surface area contributed by atoms with E-state index < -0.39 is 0 Å². The maximum absolute atomic E-state index is 5.81. The van der Waals surface area contributed by atoms with Gasteiger partial charge < -0.3 is 20.5 Å². The minimum Gasteiger partial charge on any atom is -0.384 e. The van der Waals surface area contributed by atoms with Gasteiger partial charge >= 0.3 is 0 Å². The van der Waals surface area contributed by atoms with Crippen LogP contribution >= 0.6 is 0 Å². The molecular weight excluding hydrogens is 244 g/mol. The van der Waals surface area contributed by atoms with Gasteiger partial charge in [0.15, 0.2) is 0 Å². The molecule has 1 aromatic rings. The third-order valence-corrected chi connectivity index (χ3v) is 2.61. The minimum absolute atomic E-state index is 0.0284. The van der Waals surface area contributed by atoms with Crippen LogP contribution in [-0.2, 0) is 14.9 Å². The van der Waals surface area contributed by atoms with Gasteiger partial charge in [-0.25, -0.2) is 9.97 Å². The fraction of sp³-hybridized carbons (Fsp3) is 0.692. The predicted octanol–water partition coefficient (Wildman–Crippen LogP) is 1.43. The van der Waals surface area contributed by atoms with Crippen molar-refractivity contribution in [3.8, 4) is 0 Å². The van der Waals surface area contributed by atoms with Gasteiger partial charge in [-0.2, -0.15) is 0 Å². The first-order valence-corrected chi connectivity index (χ1v) is 6.27. The van der Waals surface area contributed by atoms with E-state index in [0.717, 1.165) is 5.82 Å². The summed E-state index contributed by atoms with van der Waals surface area (Å²) < 4.78 is 10.3. The van der Waals surface area contributed by atoms with Crippen molar-refractivity contribution in [2.45, 2.75) is 32.3 Å². The van der Waals surface area contributed by atoms with Gasteiger partial charge in [-0.05, 0) is 0 Å². The number of hydrogen-bond donors (Lipinski definition) is 2. The molecule has 0 spiro atoms. The Kier molecular flexibility index (Phi) is 5.50. The standard InChI is InChI=1S/C13H24N4O2/c1-13(2,3)12-16-10(14)6-11(17-12)15-7-9(19-5)8-18-4/h6,9H,7-8H2,1-5H3,(H3,14,15,16,17). The maximum atomic E-state index is 5.81. The molecule has 108 valence electrons. The van der Waals surface area contributed by atoms with Crippen LogP contribution in [0.3, 0.4) is 0 Å². The fourth-order valence-electron chi connectivity index (χ4n) is 1.51. The molecule has 0 aromatic carbocycles. The highest BCUT2D eigenvalue weighted by atomic mass is 16.5. The number of nitrogens with two attached hydrogens (primary N) is 1. The van der Waals surface area contributed by atoms with E-state index in [-0.39, 0.29) is 11.5 Å². The second-order valence-corrected chi connectivity index (χ2v) is 5.45. The van der Waals surface area contributed by atoms with Crippen LogP contribution in [0.15, 0.2) is 6.07 Å². The Labute approximate surface area is 114 Å². The zero-order chi connectivity index (χ0) is 14.5. The molecule has 0 fully saturated rings. The van der Waals surface area contributed by atoms with Gasteiger partial charge in [-0.1, -0.05) is 20.8 Å². The van der Waals surface area contributed by atoms with Gasteiger partial charge in [0, 0.05) is 32.2 Å². The van der Waals surface area contributed by atoms with Crippen LogP contribution in [0.25, 0.3) is 0 Å². The smallest absolute Gasteiger partial charge is 0.138 e. The normalized spacial score (nSPS) is 13.3. The Bertz CT molecular complexity index is 404. The topological polar surface area (TPSA) is 82.3 Å². The van der Waals surface area contributed by atoms with Gasteiger partial charge in [0.1, 0.15) is 17.5 Å². The minimum atomic E-state index is -0.140. The van der Waals surface area contributed by atoms with Crippen molar-refractivity contribution in [2.24, 2.45) is 0 Å². The van der Waals surface area contributed by atoms with Crippen LogP contribution in [-0.4, -0.2) is 43.4 Å². The Balaban J connectivity index is 2.76. The summed E-state index contributed by atoms with van der Waals surface area (Å²) in [5.74, 6) is 1.88. The van der Waals surface area contributed by atoms with Crippen LogP contribution in [0.2, 0.25) is 0 Å². The van der Waals surface area contributed by atoms with Crippen molar-refractivity contribution in [3.05, 3.63) is 11.9 Å². The molecule has 1 unspecified atom stereocenters. The quantitative estimate of drug-likeness (QED) is 0.812. The molecule has 1 heterocycles. The van der Waals surface area contributed by atoms with Crippen LogP contribution in [0.5, 0.6) is 0 Å². The van der Waals surface area contributed by atoms with Crippen LogP contribution in [0.4, 0.5) is 11.6 Å². The van der Waals surface area contributed by atoms with Gasteiger partial charge in [-0.15, -0.1) is 0 Å². The zero-order valence-corrected chi connectivity index (χ0v) is 12.4. The molecular formula is C13H24N4O2. The van der Waals surface area contributed by atoms with E-state index in [1.54, 1.807) is 20.3 Å². The molecule has 6 nitrogen and oxygen atoms in total. The molecule has 3 N–H and O–H groups in total. The van der Waals surface area contributed by atoms with E-state index in [0.29, 0.717) is 24.8 Å². The first kappa shape index (κ1) is 15.7. The lowest BCUT2D eigenvalue weighted by molar-refractivity contribution is 0.0365. The van der Waals surface area contributed by atoms with Gasteiger partial charge in [0.2, 0.25) is 0 Å². The first-order valence-electron chi connectivity index (χ1n) is 6.27. The fourth-order valence-corrected chi connectivity index (χ4v) is 1.51. The molecule has 0 radical (unpaired) electrons. The highest BCUT2D eigenvalue weighted by Gasteiger charge is 2.18. The lowest BCUT2D eigenvalue weighted by Gasteiger charge is -2.19. The largest absolute Gasteiger partial charge is 0.384 e. The second-order valence-electron chi connectivity index (χ2n) is 5.45. The number of anilines is 2. The third-order valence-electron chi connectivity index (χ3n) is 2.61. The van der Waals surface area contributed by atoms with Crippen molar-refractivity contribution in [3.63, 3.8) is 0 Å². The van der Waals surface area contributed by atoms with Crippen molar-refractivity contribution in [2.75, 3.05) is 38.4 Å². The Morgan fingerprint density at radius 1 is 1.32 bits per heavy atom. The predicted molar refractivity (Wildman–Crippen MR) is 76.3 cm³/mol. The first-order chi connectivity index (χ1) is 8.86. The number of aromatic nitrogens is 2. The SMILES string of the molecule is COCC(CNc1cc(N)nc(C(C)(C)C)n1)OC. The number of nitrogens with zero attached hydrogens (tertiary/aromatic N) is 2. The van der Waals surface area contributed by atoms with Crippen molar-refractivity contribution < 1.29 is 9.47 Å². The Morgan fingerprint density at radius 3 is 2.53 bits per heavy atom. The highest BCUT2D eigenvalue weighted by molar-refractivity contribution is 5.45. The number of hydrogen-bond acceptors (Lipinski definition) is 6. The zero-order valence-electron chi connectivity index (χ0n) is 12.4. The van der Waals surface area contributed by atoms with Gasteiger partial charge in [-0.3, -0.25) is 0 Å². The van der Waals surface area contributed by atoms with Crippen LogP contribution in [0, 0.1) is 0 Å². The molecule has 6 heteroatoms. The van der Waals surface area contributed by atoms with E-state index >= 15 is 0 Å². The van der Waals surface area contributed by atoms with Gasteiger partial charge in [0.25, 0.3) is 0 Å². The Hall–Kier alpha value is -1.40. The van der Waals surface area contributed by atoms with E-state index in [4.69, 9.17) is 15.2 Å². The van der Waals surface area contributed by atoms with Crippen molar-refractivity contribution >= 4 is 11.6 Å². The highest BCUT2D eigenvalue weighted by Crippen LogP contribution is 2.21. The summed E-state index contributed by atoms with van der Waals surface area (Å²) in [5.41, 5.74) is 5.67. The molecule has 0 aliphatic rings. The van der Waals surface area contributed by atoms with E-state index in [1.807, 2.05) is 0 Å². The summed E-state index contributed by atoms with van der Waals surface area (Å²) >= 11 is 0. The molecule has 0 bridgehead atoms. The maximum Gasteiger partial charge on any atom is 0.138 e. The average Bonchev–Trinajstić information content (AvgIpc) is 2.32. The van der Waals surface area contributed by atoms with Crippen molar-refractivity contribution in [1.29, 1.82) is 0 Å². The number of nitrogen functional groups attached to an aromatic ring is 1. The molecule has 0 saturated heterocycles. The molecule has 1 rings (SSSR count). The van der Waals surface area contributed by atoms with Gasteiger partial charge in [0.05, 0.1) is 12.7 Å². The van der Waals surface area contributed by atoms with Crippen molar-refractivity contribution in [1.82, 2.24) is 9.97 Å². The molecule has 0 aliphatic heterocycles.